The Bertz CT molecular complexity index is 493. The van der Waals surface area contributed by atoms with E-state index in [1.165, 1.54) is 4.90 Å². The van der Waals surface area contributed by atoms with Crippen LogP contribution in [-0.4, -0.2) is 36.2 Å². The van der Waals surface area contributed by atoms with Crippen molar-refractivity contribution in [2.45, 2.75) is 52.2 Å². The van der Waals surface area contributed by atoms with Gasteiger partial charge < -0.3 is 14.4 Å². The van der Waals surface area contributed by atoms with E-state index in [9.17, 15) is 9.59 Å². The second-order valence-electron chi connectivity index (χ2n) is 6.51. The average molecular weight is 321 g/mol. The van der Waals surface area contributed by atoms with Gasteiger partial charge in [-0.05, 0) is 39.2 Å². The fraction of sp³-hybridized carbons (Fsp3) is 0.556. The first-order chi connectivity index (χ1) is 10.8. The first kappa shape index (κ1) is 19.0. The number of ether oxygens (including phenoxy) is 2. The number of rotatable bonds is 7. The number of benzene rings is 1. The molecule has 0 saturated carbocycles. The molecule has 0 fully saturated rings. The lowest BCUT2D eigenvalue weighted by atomic mass is 10.2. The van der Waals surface area contributed by atoms with Crippen molar-refractivity contribution in [1.29, 1.82) is 0 Å². The standard InChI is InChI=1S/C18H27NO4/c1-18(2,3)23-16(20)12-8-9-13-19(4)17(21)22-14-15-10-6-5-7-11-15/h5-7,10-11H,8-9,12-14H2,1-4H3. The minimum absolute atomic E-state index is 0.202. The monoisotopic (exact) mass is 321 g/mol. The zero-order valence-corrected chi connectivity index (χ0v) is 14.5. The predicted octanol–water partition coefficient (Wildman–Crippen LogP) is 3.77. The Morgan fingerprint density at radius 2 is 1.74 bits per heavy atom. The fourth-order valence-electron chi connectivity index (χ4n) is 1.93. The van der Waals surface area contributed by atoms with E-state index in [0.29, 0.717) is 19.4 Å². The van der Waals surface area contributed by atoms with E-state index >= 15 is 0 Å². The number of hydrogen-bond donors (Lipinski definition) is 0. The predicted molar refractivity (Wildman–Crippen MR) is 89.0 cm³/mol. The van der Waals surface area contributed by atoms with Crippen LogP contribution in [0.2, 0.25) is 0 Å². The third-order valence-electron chi connectivity index (χ3n) is 3.06. The second kappa shape index (κ2) is 9.18. The third kappa shape index (κ3) is 8.86. The lowest BCUT2D eigenvalue weighted by molar-refractivity contribution is -0.154. The molecule has 0 spiro atoms. The highest BCUT2D eigenvalue weighted by Crippen LogP contribution is 2.10. The van der Waals surface area contributed by atoms with Crippen LogP contribution in [0.1, 0.15) is 45.6 Å². The Hall–Kier alpha value is -2.04. The molecule has 0 radical (unpaired) electrons. The summed E-state index contributed by atoms with van der Waals surface area (Å²) in [5.74, 6) is -0.202. The number of unbranched alkanes of at least 4 members (excludes halogenated alkanes) is 1. The molecule has 0 aliphatic heterocycles. The van der Waals surface area contributed by atoms with E-state index in [1.54, 1.807) is 7.05 Å². The molecular formula is C18H27NO4. The average Bonchev–Trinajstić information content (AvgIpc) is 2.48. The first-order valence-electron chi connectivity index (χ1n) is 7.91. The number of carbonyl (C=O) groups is 2. The molecular weight excluding hydrogens is 294 g/mol. The first-order valence-corrected chi connectivity index (χ1v) is 7.91. The second-order valence-corrected chi connectivity index (χ2v) is 6.51. The van der Waals surface area contributed by atoms with E-state index in [2.05, 4.69) is 0 Å². The summed E-state index contributed by atoms with van der Waals surface area (Å²) in [6.45, 7) is 6.36. The van der Waals surface area contributed by atoms with Crippen LogP contribution in [0.4, 0.5) is 4.79 Å². The molecule has 0 heterocycles. The van der Waals surface area contributed by atoms with Crippen molar-refractivity contribution >= 4 is 12.1 Å². The van der Waals surface area contributed by atoms with E-state index in [4.69, 9.17) is 9.47 Å². The fourth-order valence-corrected chi connectivity index (χ4v) is 1.93. The van der Waals surface area contributed by atoms with Gasteiger partial charge in [0.25, 0.3) is 0 Å². The van der Waals surface area contributed by atoms with Gasteiger partial charge in [-0.1, -0.05) is 30.3 Å². The zero-order valence-electron chi connectivity index (χ0n) is 14.5. The van der Waals surface area contributed by atoms with Crippen LogP contribution in [0.3, 0.4) is 0 Å². The highest BCUT2D eigenvalue weighted by molar-refractivity contribution is 5.69. The molecule has 0 bridgehead atoms. The van der Waals surface area contributed by atoms with Crippen LogP contribution in [-0.2, 0) is 20.9 Å². The lowest BCUT2D eigenvalue weighted by Crippen LogP contribution is -2.28. The normalized spacial score (nSPS) is 11.0. The van der Waals surface area contributed by atoms with Crippen LogP contribution < -0.4 is 0 Å². The van der Waals surface area contributed by atoms with Gasteiger partial charge >= 0.3 is 12.1 Å². The summed E-state index contributed by atoms with van der Waals surface area (Å²) in [6.07, 6.45) is 1.43. The van der Waals surface area contributed by atoms with Crippen LogP contribution in [0.25, 0.3) is 0 Å². The van der Waals surface area contributed by atoms with Gasteiger partial charge in [-0.15, -0.1) is 0 Å². The van der Waals surface area contributed by atoms with Gasteiger partial charge in [0.2, 0.25) is 0 Å². The quantitative estimate of drug-likeness (QED) is 0.567. The summed E-state index contributed by atoms with van der Waals surface area (Å²) in [4.78, 5) is 24.9. The zero-order chi connectivity index (χ0) is 17.3. The smallest absolute Gasteiger partial charge is 0.409 e. The summed E-state index contributed by atoms with van der Waals surface area (Å²) in [7, 11) is 1.70. The summed E-state index contributed by atoms with van der Waals surface area (Å²) >= 11 is 0. The van der Waals surface area contributed by atoms with Gasteiger partial charge in [0.15, 0.2) is 0 Å². The Balaban J connectivity index is 2.17. The van der Waals surface area contributed by atoms with Gasteiger partial charge in [-0.25, -0.2) is 4.79 Å². The molecule has 1 rings (SSSR count). The maximum atomic E-state index is 11.8. The minimum Gasteiger partial charge on any atom is -0.460 e. The largest absolute Gasteiger partial charge is 0.460 e. The highest BCUT2D eigenvalue weighted by Gasteiger charge is 2.16. The maximum absolute atomic E-state index is 11.8. The number of amides is 1. The van der Waals surface area contributed by atoms with Crippen molar-refractivity contribution in [1.82, 2.24) is 4.90 Å². The van der Waals surface area contributed by atoms with Gasteiger partial charge in [-0.2, -0.15) is 0 Å². The Morgan fingerprint density at radius 3 is 2.35 bits per heavy atom. The molecule has 1 aromatic rings. The summed E-state index contributed by atoms with van der Waals surface area (Å²) < 4.78 is 10.5. The third-order valence-corrected chi connectivity index (χ3v) is 3.06. The summed E-state index contributed by atoms with van der Waals surface area (Å²) in [5.41, 5.74) is 0.508. The van der Waals surface area contributed by atoms with Crippen molar-refractivity contribution in [3.63, 3.8) is 0 Å². The van der Waals surface area contributed by atoms with Gasteiger partial charge in [0.05, 0.1) is 0 Å². The van der Waals surface area contributed by atoms with Crippen molar-refractivity contribution in [3.8, 4) is 0 Å². The lowest BCUT2D eigenvalue weighted by Gasteiger charge is -2.20. The van der Waals surface area contributed by atoms with Crippen molar-refractivity contribution in [2.24, 2.45) is 0 Å². The molecule has 1 amide bonds. The highest BCUT2D eigenvalue weighted by atomic mass is 16.6. The van der Waals surface area contributed by atoms with E-state index < -0.39 is 5.60 Å². The number of nitrogens with zero attached hydrogens (tertiary/aromatic N) is 1. The Labute approximate surface area is 138 Å². The van der Waals surface area contributed by atoms with Crippen molar-refractivity contribution in [2.75, 3.05) is 13.6 Å². The Morgan fingerprint density at radius 1 is 1.09 bits per heavy atom. The molecule has 0 unspecified atom stereocenters. The molecule has 0 saturated heterocycles. The summed E-state index contributed by atoms with van der Waals surface area (Å²) in [5, 5.41) is 0. The topological polar surface area (TPSA) is 55.8 Å². The molecule has 0 aliphatic carbocycles. The molecule has 128 valence electrons. The molecule has 23 heavy (non-hydrogen) atoms. The number of carbonyl (C=O) groups excluding carboxylic acids is 2. The van der Waals surface area contributed by atoms with Crippen LogP contribution >= 0.6 is 0 Å². The SMILES string of the molecule is CN(CCCCC(=O)OC(C)(C)C)C(=O)OCc1ccccc1. The van der Waals surface area contributed by atoms with E-state index in [1.807, 2.05) is 51.1 Å². The van der Waals surface area contributed by atoms with Gasteiger partial charge in [-0.3, -0.25) is 4.79 Å². The van der Waals surface area contributed by atoms with E-state index in [-0.39, 0.29) is 18.7 Å². The van der Waals surface area contributed by atoms with Gasteiger partial charge in [0, 0.05) is 20.0 Å². The van der Waals surface area contributed by atoms with Crippen LogP contribution in [0.5, 0.6) is 0 Å². The van der Waals surface area contributed by atoms with Gasteiger partial charge in [0.1, 0.15) is 12.2 Å². The van der Waals surface area contributed by atoms with E-state index in [0.717, 1.165) is 12.0 Å². The number of hydrogen-bond acceptors (Lipinski definition) is 4. The molecule has 0 N–H and O–H groups in total. The van der Waals surface area contributed by atoms with Crippen LogP contribution in [0, 0.1) is 0 Å². The molecule has 5 nitrogen and oxygen atoms in total. The molecule has 0 aromatic heterocycles. The van der Waals surface area contributed by atoms with Crippen molar-refractivity contribution in [3.05, 3.63) is 35.9 Å². The minimum atomic E-state index is -0.449. The molecule has 5 heteroatoms. The molecule has 1 aromatic carbocycles. The Kier molecular flexibility index (Phi) is 7.59. The molecule has 0 atom stereocenters. The van der Waals surface area contributed by atoms with Crippen LogP contribution in [0.15, 0.2) is 30.3 Å². The summed E-state index contributed by atoms with van der Waals surface area (Å²) in [6, 6.07) is 9.55. The number of esters is 1. The van der Waals surface area contributed by atoms with Crippen molar-refractivity contribution < 1.29 is 19.1 Å². The maximum Gasteiger partial charge on any atom is 0.409 e. The molecule has 0 aliphatic rings.